The number of aromatic nitrogens is 1. The molecule has 1 aromatic heterocycles. The summed E-state index contributed by atoms with van der Waals surface area (Å²) >= 11 is 0. The normalized spacial score (nSPS) is 13.2. The molecule has 0 radical (unpaired) electrons. The molecule has 4 rings (SSSR count). The summed E-state index contributed by atoms with van der Waals surface area (Å²) in [5, 5.41) is 16.0. The lowest BCUT2D eigenvalue weighted by atomic mass is 9.97. The number of carboxylic acid groups (broad SMARTS) is 1. The molecular formula is C48H65N7O11. The Kier molecular flexibility index (Phi) is 21.1. The van der Waals surface area contributed by atoms with E-state index in [-0.39, 0.29) is 84.5 Å². The molecule has 3 aromatic rings. The number of fused-ring (bicyclic) bond motifs is 2. The quantitative estimate of drug-likeness (QED) is 0.100. The van der Waals surface area contributed by atoms with Gasteiger partial charge < -0.3 is 48.6 Å². The van der Waals surface area contributed by atoms with Gasteiger partial charge in [0.05, 0.1) is 52.4 Å². The third-order valence-electron chi connectivity index (χ3n) is 11.3. The van der Waals surface area contributed by atoms with Crippen molar-refractivity contribution in [1.82, 2.24) is 34.6 Å². The molecule has 0 saturated carbocycles. The first kappa shape index (κ1) is 52.3. The summed E-state index contributed by atoms with van der Waals surface area (Å²) in [7, 11) is 7.78. The van der Waals surface area contributed by atoms with Crippen LogP contribution in [0, 0.1) is 0 Å². The molecule has 1 unspecified atom stereocenters. The zero-order chi connectivity index (χ0) is 48.2. The molecule has 5 amide bonds. The number of amides is 5. The molecule has 0 saturated heterocycles. The van der Waals surface area contributed by atoms with Crippen molar-refractivity contribution in [3.8, 4) is 0 Å². The molecule has 0 aliphatic heterocycles. The van der Waals surface area contributed by atoms with Gasteiger partial charge in [-0.3, -0.25) is 24.0 Å². The number of methoxy groups -OCH3 is 3. The molecule has 0 fully saturated rings. The van der Waals surface area contributed by atoms with Gasteiger partial charge in [-0.1, -0.05) is 67.3 Å². The monoisotopic (exact) mass is 915 g/mol. The number of hydrogen-bond donors (Lipinski definition) is 2. The molecule has 66 heavy (non-hydrogen) atoms. The lowest BCUT2D eigenvalue weighted by molar-refractivity contribution is -0.145. The van der Waals surface area contributed by atoms with Crippen LogP contribution in [0.25, 0.3) is 16.5 Å². The number of aryl methyl sites for hydroxylation is 1. The highest BCUT2D eigenvalue weighted by molar-refractivity contribution is 5.91. The summed E-state index contributed by atoms with van der Waals surface area (Å²) in [6, 6.07) is 17.8. The van der Waals surface area contributed by atoms with Crippen molar-refractivity contribution >= 4 is 52.2 Å². The fourth-order valence-corrected chi connectivity index (χ4v) is 7.63. The Balaban J connectivity index is 1.37. The predicted molar refractivity (Wildman–Crippen MR) is 249 cm³/mol. The van der Waals surface area contributed by atoms with Gasteiger partial charge in [0.25, 0.3) is 0 Å². The summed E-state index contributed by atoms with van der Waals surface area (Å²) < 4.78 is 23.3. The molecule has 18 heteroatoms. The van der Waals surface area contributed by atoms with Crippen LogP contribution < -0.4 is 5.32 Å². The van der Waals surface area contributed by atoms with Gasteiger partial charge in [0.2, 0.25) is 23.6 Å². The number of allylic oxidation sites excluding steroid dienone is 4. The van der Waals surface area contributed by atoms with E-state index in [0.29, 0.717) is 6.54 Å². The van der Waals surface area contributed by atoms with Crippen molar-refractivity contribution in [2.24, 2.45) is 0 Å². The average Bonchev–Trinajstić information content (AvgIpc) is 3.82. The zero-order valence-corrected chi connectivity index (χ0v) is 39.0. The number of hydrogen-bond acceptors (Lipinski definition) is 11. The molecule has 18 nitrogen and oxygen atoms in total. The molecule has 0 spiro atoms. The fourth-order valence-electron chi connectivity index (χ4n) is 7.63. The molecule has 1 atom stereocenters. The number of carbonyl (C=O) groups is 6. The van der Waals surface area contributed by atoms with E-state index in [0.717, 1.165) is 38.9 Å². The van der Waals surface area contributed by atoms with Crippen molar-refractivity contribution < 1.29 is 52.8 Å². The Morgan fingerprint density at radius 2 is 1.41 bits per heavy atom. The third kappa shape index (κ3) is 14.6. The van der Waals surface area contributed by atoms with Crippen molar-refractivity contribution in [2.75, 3.05) is 108 Å². The standard InChI is InChI=1S/C48H65N7O11/c1-8-14-38-37(9-2)41(40-17-12-11-16-39(38)40)34-66-48(62)51(4)50(3)31-36-29-35-15-10-13-18-42(35)55(36)22-19-43(56)49-30-44(57)53(24-27-64-6)33-46(59)54(25-28-65-7)32-45(58)52(23-26-63-5)21-20-47(60)61/h8-18,29,41H,2,19-28,30-34H2,1,3-7H3,(H,49,56)(H,60,61)/b14-8-. The van der Waals surface area contributed by atoms with E-state index in [1.807, 2.05) is 78.2 Å². The second-order valence-corrected chi connectivity index (χ2v) is 15.6. The number of para-hydroxylation sites is 1. The van der Waals surface area contributed by atoms with Gasteiger partial charge >= 0.3 is 12.1 Å². The topological polar surface area (TPSA) is 193 Å². The molecule has 1 aliphatic carbocycles. The summed E-state index contributed by atoms with van der Waals surface area (Å²) in [4.78, 5) is 82.2. The first-order valence-corrected chi connectivity index (χ1v) is 21.8. The highest BCUT2D eigenvalue weighted by Crippen LogP contribution is 2.43. The largest absolute Gasteiger partial charge is 0.481 e. The van der Waals surface area contributed by atoms with Crippen LogP contribution in [0.4, 0.5) is 4.79 Å². The fraction of sp³-hybridized carbons (Fsp3) is 0.458. The van der Waals surface area contributed by atoms with Crippen LogP contribution >= 0.6 is 0 Å². The second kappa shape index (κ2) is 26.6. The highest BCUT2D eigenvalue weighted by Gasteiger charge is 2.31. The van der Waals surface area contributed by atoms with Crippen LogP contribution in [0.5, 0.6) is 0 Å². The Labute approximate surface area is 386 Å². The predicted octanol–water partition coefficient (Wildman–Crippen LogP) is 3.78. The van der Waals surface area contributed by atoms with Crippen LogP contribution in [0.1, 0.15) is 42.5 Å². The minimum Gasteiger partial charge on any atom is -0.481 e. The van der Waals surface area contributed by atoms with Gasteiger partial charge in [0.15, 0.2) is 0 Å². The Morgan fingerprint density at radius 3 is 2.05 bits per heavy atom. The molecule has 2 aromatic carbocycles. The van der Waals surface area contributed by atoms with E-state index >= 15 is 0 Å². The Hall–Kier alpha value is -6.34. The van der Waals surface area contributed by atoms with Gasteiger partial charge in [-0.15, -0.1) is 0 Å². The first-order valence-electron chi connectivity index (χ1n) is 21.8. The van der Waals surface area contributed by atoms with Crippen molar-refractivity contribution in [3.63, 3.8) is 0 Å². The third-order valence-corrected chi connectivity index (χ3v) is 11.3. The summed E-state index contributed by atoms with van der Waals surface area (Å²) in [5.41, 5.74) is 5.95. The van der Waals surface area contributed by atoms with E-state index < -0.39 is 48.8 Å². The van der Waals surface area contributed by atoms with Crippen molar-refractivity contribution in [3.05, 3.63) is 102 Å². The van der Waals surface area contributed by atoms with E-state index in [4.69, 9.17) is 18.9 Å². The average molecular weight is 916 g/mol. The van der Waals surface area contributed by atoms with Gasteiger partial charge in [-0.2, -0.15) is 0 Å². The van der Waals surface area contributed by atoms with Crippen LogP contribution in [0.15, 0.2) is 85.0 Å². The lowest BCUT2D eigenvalue weighted by Crippen LogP contribution is -2.50. The first-order chi connectivity index (χ1) is 31.8. The highest BCUT2D eigenvalue weighted by atomic mass is 16.6. The summed E-state index contributed by atoms with van der Waals surface area (Å²) in [6.45, 7) is 6.05. The van der Waals surface area contributed by atoms with E-state index in [2.05, 4.69) is 18.0 Å². The number of carboxylic acids is 1. The maximum atomic E-state index is 13.6. The number of nitrogens with one attached hydrogen (secondary N) is 1. The number of aliphatic carboxylic acids is 1. The molecular weight excluding hydrogens is 851 g/mol. The van der Waals surface area contributed by atoms with Crippen molar-refractivity contribution in [2.45, 2.75) is 38.8 Å². The number of carbonyl (C=O) groups excluding carboxylic acids is 5. The van der Waals surface area contributed by atoms with Gasteiger partial charge in [-0.25, -0.2) is 14.8 Å². The van der Waals surface area contributed by atoms with E-state index in [1.165, 1.54) is 41.0 Å². The molecule has 2 N–H and O–H groups in total. The summed E-state index contributed by atoms with van der Waals surface area (Å²) in [5.74, 6) is -3.20. The van der Waals surface area contributed by atoms with Crippen LogP contribution in [-0.4, -0.2) is 178 Å². The smallest absolute Gasteiger partial charge is 0.424 e. The number of benzene rings is 2. The minimum absolute atomic E-state index is 0.0170. The van der Waals surface area contributed by atoms with Gasteiger partial charge in [0.1, 0.15) is 6.61 Å². The second-order valence-electron chi connectivity index (χ2n) is 15.6. The molecule has 358 valence electrons. The van der Waals surface area contributed by atoms with Crippen LogP contribution in [0.2, 0.25) is 0 Å². The SMILES string of the molecule is C=CC1=C(/C=C\C)c2ccccc2C1COC(=O)N(C)N(C)Cc1cc2ccccc2n1CCC(=O)NCC(=O)N(CCOC)CC(=O)N(CCOC)CC(=O)N(CCOC)CCC(=O)O. The van der Waals surface area contributed by atoms with Crippen LogP contribution in [-0.2, 0) is 56.0 Å². The molecule has 1 heterocycles. The Morgan fingerprint density at radius 1 is 0.803 bits per heavy atom. The molecule has 1 aliphatic rings. The van der Waals surface area contributed by atoms with Gasteiger partial charge in [0, 0.05) is 91.7 Å². The van der Waals surface area contributed by atoms with Crippen LogP contribution in [0.3, 0.4) is 0 Å². The number of hydrazine groups is 1. The number of rotatable bonds is 28. The number of nitrogens with zero attached hydrogens (tertiary/aromatic N) is 6. The van der Waals surface area contributed by atoms with E-state index in [1.54, 1.807) is 19.1 Å². The van der Waals surface area contributed by atoms with Gasteiger partial charge in [-0.05, 0) is 46.7 Å². The molecule has 0 bridgehead atoms. The Bertz CT molecular complexity index is 2220. The minimum atomic E-state index is -1.07. The maximum absolute atomic E-state index is 13.6. The zero-order valence-electron chi connectivity index (χ0n) is 39.0. The number of ether oxygens (including phenoxy) is 4. The summed E-state index contributed by atoms with van der Waals surface area (Å²) in [6.07, 6.45) is 5.06. The lowest BCUT2D eigenvalue weighted by Gasteiger charge is -2.29. The van der Waals surface area contributed by atoms with E-state index in [9.17, 15) is 33.9 Å². The maximum Gasteiger partial charge on any atom is 0.424 e. The van der Waals surface area contributed by atoms with Crippen molar-refractivity contribution in [1.29, 1.82) is 0 Å².